The zero-order valence-electron chi connectivity index (χ0n) is 45.2. The van der Waals surface area contributed by atoms with Gasteiger partial charge in [0.1, 0.15) is 0 Å². The van der Waals surface area contributed by atoms with Gasteiger partial charge in [-0.15, -0.1) is 0 Å². The topological polar surface area (TPSA) is 9.72 Å². The summed E-state index contributed by atoms with van der Waals surface area (Å²) < 4.78 is 0. The average Bonchev–Trinajstić information content (AvgIpc) is 3.98. The molecule has 11 aromatic carbocycles. The van der Waals surface area contributed by atoms with Crippen molar-refractivity contribution in [1.29, 1.82) is 0 Å². The molecule has 0 saturated heterocycles. The highest BCUT2D eigenvalue weighted by Crippen LogP contribution is 2.59. The van der Waals surface area contributed by atoms with Crippen molar-refractivity contribution in [1.82, 2.24) is 0 Å². The number of hydrogen-bond acceptors (Lipinski definition) is 3. The lowest BCUT2D eigenvalue weighted by Crippen LogP contribution is -2.37. The smallest absolute Gasteiger partial charge is 0.0742 e. The summed E-state index contributed by atoms with van der Waals surface area (Å²) in [6.07, 6.45) is 0. The molecule has 0 bridgehead atoms. The van der Waals surface area contributed by atoms with Gasteiger partial charge in [0.2, 0.25) is 0 Å². The van der Waals surface area contributed by atoms with E-state index in [0.717, 1.165) is 51.2 Å². The van der Waals surface area contributed by atoms with Gasteiger partial charge in [0.05, 0.1) is 16.8 Å². The second kappa shape index (κ2) is 18.0. The van der Waals surface area contributed by atoms with E-state index in [2.05, 4.69) is 317 Å². The van der Waals surface area contributed by atoms with Crippen LogP contribution in [0.2, 0.25) is 0 Å². The molecule has 78 heavy (non-hydrogen) atoms. The quantitative estimate of drug-likeness (QED) is 0.143. The summed E-state index contributed by atoms with van der Waals surface area (Å²) in [5.74, 6) is 0. The molecule has 11 aromatic rings. The van der Waals surface area contributed by atoms with Crippen LogP contribution < -0.4 is 14.7 Å². The molecule has 0 saturated carbocycles. The summed E-state index contributed by atoms with van der Waals surface area (Å²) >= 11 is 0. The van der Waals surface area contributed by atoms with E-state index in [1.54, 1.807) is 0 Å². The number of para-hydroxylation sites is 5. The average molecular weight is 1000 g/mol. The summed E-state index contributed by atoms with van der Waals surface area (Å²) in [4.78, 5) is 7.37. The number of fused-ring (bicyclic) bond motifs is 8. The molecule has 0 aromatic heterocycles. The molecule has 0 atom stereocenters. The third kappa shape index (κ3) is 7.04. The fourth-order valence-electron chi connectivity index (χ4n) is 13.8. The lowest BCUT2D eigenvalue weighted by Gasteiger charge is -2.46. The molecule has 1 aliphatic heterocycles. The summed E-state index contributed by atoms with van der Waals surface area (Å²) in [7, 11) is 0. The van der Waals surface area contributed by atoms with Crippen molar-refractivity contribution in [2.75, 3.05) is 14.7 Å². The molecule has 3 heteroatoms. The molecule has 0 fully saturated rings. The van der Waals surface area contributed by atoms with E-state index in [0.29, 0.717) is 0 Å². The van der Waals surface area contributed by atoms with E-state index in [4.69, 9.17) is 0 Å². The molecule has 0 amide bonds. The fourth-order valence-corrected chi connectivity index (χ4v) is 13.8. The number of aryl methyl sites for hydroxylation is 2. The standard InChI is InChI=1S/C75H61N3/c1-50-22-10-18-32-69(50)76(57-44-46-61-59-26-12-14-28-63(59)73(3,4)67(61)48-57)55-40-36-52(37-41-55)75(65-30-16-20-34-71(65)78(54-24-8-7-9-25-54)72-35-21-17-31-66(72)75)53-38-42-56(43-39-53)77(70-33-19-11-23-51(70)2)58-45-47-62-60-27-13-15-29-64(60)74(5,6)68(62)49-58/h7-49H,1-6H3. The molecular formula is C75H61N3. The Bertz CT molecular complexity index is 3880. The first-order valence-corrected chi connectivity index (χ1v) is 27.5. The molecule has 3 aliphatic rings. The number of benzene rings is 11. The first kappa shape index (κ1) is 47.3. The molecule has 0 spiro atoms. The fraction of sp³-hybridized carbons (Fsp3) is 0.120. The Balaban J connectivity index is 0.958. The number of hydrogen-bond donors (Lipinski definition) is 0. The third-order valence-corrected chi connectivity index (χ3v) is 17.6. The van der Waals surface area contributed by atoms with Crippen molar-refractivity contribution >= 4 is 51.2 Å². The molecule has 3 nitrogen and oxygen atoms in total. The van der Waals surface area contributed by atoms with Gasteiger partial charge >= 0.3 is 0 Å². The Labute approximate surface area is 460 Å². The van der Waals surface area contributed by atoms with Crippen molar-refractivity contribution < 1.29 is 0 Å². The normalized spacial score (nSPS) is 14.6. The molecule has 2 aliphatic carbocycles. The van der Waals surface area contributed by atoms with E-state index in [1.807, 2.05) is 0 Å². The molecule has 14 rings (SSSR count). The van der Waals surface area contributed by atoms with Gasteiger partial charge in [0, 0.05) is 50.6 Å². The van der Waals surface area contributed by atoms with Gasteiger partial charge in [-0.2, -0.15) is 0 Å². The Morgan fingerprint density at radius 2 is 0.641 bits per heavy atom. The highest BCUT2D eigenvalue weighted by atomic mass is 15.2. The Hall–Kier alpha value is -9.18. The van der Waals surface area contributed by atoms with Crippen LogP contribution in [0.5, 0.6) is 0 Å². The Morgan fingerprint density at radius 1 is 0.295 bits per heavy atom. The summed E-state index contributed by atoms with van der Waals surface area (Å²) in [5.41, 5.74) is 27.2. The number of rotatable bonds is 9. The summed E-state index contributed by atoms with van der Waals surface area (Å²) in [6, 6.07) is 97.6. The van der Waals surface area contributed by atoms with Crippen LogP contribution in [0.4, 0.5) is 51.2 Å². The van der Waals surface area contributed by atoms with Crippen LogP contribution in [0.1, 0.15) is 83.3 Å². The molecule has 0 unspecified atom stereocenters. The van der Waals surface area contributed by atoms with Crippen LogP contribution in [0.3, 0.4) is 0 Å². The Kier molecular flexibility index (Phi) is 10.9. The van der Waals surface area contributed by atoms with E-state index in [9.17, 15) is 0 Å². The predicted octanol–water partition coefficient (Wildman–Crippen LogP) is 20.0. The molecule has 0 radical (unpaired) electrons. The monoisotopic (exact) mass is 1000 g/mol. The van der Waals surface area contributed by atoms with E-state index < -0.39 is 5.41 Å². The minimum Gasteiger partial charge on any atom is -0.310 e. The first-order valence-electron chi connectivity index (χ1n) is 27.5. The van der Waals surface area contributed by atoms with Gasteiger partial charge in [0.25, 0.3) is 0 Å². The second-order valence-electron chi connectivity index (χ2n) is 22.6. The van der Waals surface area contributed by atoms with Crippen LogP contribution in [-0.4, -0.2) is 0 Å². The van der Waals surface area contributed by atoms with Gasteiger partial charge in [0.15, 0.2) is 0 Å². The minimum atomic E-state index is -0.719. The van der Waals surface area contributed by atoms with Crippen LogP contribution >= 0.6 is 0 Å². The van der Waals surface area contributed by atoms with Crippen molar-refractivity contribution in [3.63, 3.8) is 0 Å². The summed E-state index contributed by atoms with van der Waals surface area (Å²) in [5, 5.41) is 0. The van der Waals surface area contributed by atoms with Crippen molar-refractivity contribution in [2.24, 2.45) is 0 Å². The first-order chi connectivity index (χ1) is 38.0. The molecular weight excluding hydrogens is 943 g/mol. The third-order valence-electron chi connectivity index (χ3n) is 17.6. The molecule has 0 N–H and O–H groups in total. The van der Waals surface area contributed by atoms with E-state index >= 15 is 0 Å². The molecule has 1 heterocycles. The summed E-state index contributed by atoms with van der Waals surface area (Å²) in [6.45, 7) is 13.9. The second-order valence-corrected chi connectivity index (χ2v) is 22.6. The van der Waals surface area contributed by atoms with Gasteiger partial charge in [-0.1, -0.05) is 204 Å². The zero-order valence-corrected chi connectivity index (χ0v) is 45.2. The lowest BCUT2D eigenvalue weighted by molar-refractivity contribution is 0.660. The van der Waals surface area contributed by atoms with E-state index in [-0.39, 0.29) is 10.8 Å². The predicted molar refractivity (Wildman–Crippen MR) is 327 cm³/mol. The van der Waals surface area contributed by atoms with Crippen molar-refractivity contribution in [3.8, 4) is 22.3 Å². The van der Waals surface area contributed by atoms with Crippen molar-refractivity contribution in [3.05, 3.63) is 316 Å². The number of anilines is 9. The number of nitrogens with zero attached hydrogens (tertiary/aromatic N) is 3. The van der Waals surface area contributed by atoms with Gasteiger partial charge < -0.3 is 14.7 Å². The Morgan fingerprint density at radius 3 is 1.08 bits per heavy atom. The van der Waals surface area contributed by atoms with Crippen LogP contribution in [0.15, 0.2) is 261 Å². The minimum absolute atomic E-state index is 0.137. The van der Waals surface area contributed by atoms with Gasteiger partial charge in [-0.05, 0) is 177 Å². The maximum atomic E-state index is 2.46. The zero-order chi connectivity index (χ0) is 52.9. The maximum Gasteiger partial charge on any atom is 0.0742 e. The van der Waals surface area contributed by atoms with Gasteiger partial charge in [-0.25, -0.2) is 0 Å². The van der Waals surface area contributed by atoms with Crippen LogP contribution in [-0.2, 0) is 16.2 Å². The van der Waals surface area contributed by atoms with Crippen LogP contribution in [0, 0.1) is 13.8 Å². The van der Waals surface area contributed by atoms with Crippen LogP contribution in [0.25, 0.3) is 22.3 Å². The highest BCUT2D eigenvalue weighted by molar-refractivity contribution is 5.92. The molecule has 376 valence electrons. The SMILES string of the molecule is Cc1ccccc1N(c1ccc(C2(c3ccc(N(c4ccc5c(c4)C(C)(C)c4ccccc4-5)c4ccccc4C)cc3)c3ccccc3N(c3ccccc3)c3ccccc32)cc1)c1ccc2c(c1)C(C)(C)c1ccccc1-2. The van der Waals surface area contributed by atoms with Gasteiger partial charge in [-0.3, -0.25) is 0 Å². The highest BCUT2D eigenvalue weighted by Gasteiger charge is 2.47. The van der Waals surface area contributed by atoms with Crippen molar-refractivity contribution in [2.45, 2.75) is 57.8 Å². The largest absolute Gasteiger partial charge is 0.310 e. The van der Waals surface area contributed by atoms with E-state index in [1.165, 1.54) is 77.9 Å². The lowest BCUT2D eigenvalue weighted by atomic mass is 9.62. The maximum absolute atomic E-state index is 2.46.